The molecule has 0 saturated heterocycles. The van der Waals surface area contributed by atoms with Gasteiger partial charge in [0.15, 0.2) is 0 Å². The van der Waals surface area contributed by atoms with Crippen LogP contribution in [0.3, 0.4) is 0 Å². The van der Waals surface area contributed by atoms with Crippen LogP contribution in [0, 0.1) is 0 Å². The summed E-state index contributed by atoms with van der Waals surface area (Å²) in [7, 11) is 0. The van der Waals surface area contributed by atoms with Gasteiger partial charge in [0.25, 0.3) is 5.95 Å². The number of ether oxygens (including phenoxy) is 1. The molecule has 0 aromatic carbocycles. The van der Waals surface area contributed by atoms with Crippen molar-refractivity contribution in [3.05, 3.63) is 18.4 Å². The third-order valence-corrected chi connectivity index (χ3v) is 0.696. The van der Waals surface area contributed by atoms with E-state index in [9.17, 15) is 4.79 Å². The summed E-state index contributed by atoms with van der Waals surface area (Å²) in [6.07, 6.45) is 0.517. The predicted octanol–water partition coefficient (Wildman–Crippen LogP) is 0.737. The van der Waals surface area contributed by atoms with Crippen molar-refractivity contribution in [1.82, 2.24) is 0 Å². The normalized spacial score (nSPS) is 8.89. The molecule has 0 spiro atoms. The second-order valence-corrected chi connectivity index (χ2v) is 1.35. The molecule has 1 rings (SSSR count). The Labute approximate surface area is 51.2 Å². The van der Waals surface area contributed by atoms with Crippen LogP contribution in [0.2, 0.25) is 0 Å². The molecule has 0 aliphatic rings. The maximum Gasteiger partial charge on any atom is 0.412 e. The molecule has 0 bridgehead atoms. The molecular formula is C5H5NO3. The van der Waals surface area contributed by atoms with E-state index in [1.807, 2.05) is 0 Å². The minimum absolute atomic E-state index is 0.113. The lowest BCUT2D eigenvalue weighted by Crippen LogP contribution is -2.15. The molecule has 9 heavy (non-hydrogen) atoms. The van der Waals surface area contributed by atoms with Gasteiger partial charge in [0.1, 0.15) is 0 Å². The van der Waals surface area contributed by atoms with Gasteiger partial charge in [-0.05, 0) is 6.07 Å². The average molecular weight is 127 g/mol. The lowest BCUT2D eigenvalue weighted by molar-refractivity contribution is 0.198. The van der Waals surface area contributed by atoms with Crippen LogP contribution in [-0.2, 0) is 0 Å². The van der Waals surface area contributed by atoms with E-state index in [4.69, 9.17) is 0 Å². The summed E-state index contributed by atoms with van der Waals surface area (Å²) in [5.41, 5.74) is 4.66. The summed E-state index contributed by atoms with van der Waals surface area (Å²) < 4.78 is 8.95. The van der Waals surface area contributed by atoms with E-state index in [-0.39, 0.29) is 5.95 Å². The van der Waals surface area contributed by atoms with Crippen molar-refractivity contribution in [3.8, 4) is 5.95 Å². The van der Waals surface area contributed by atoms with Gasteiger partial charge in [-0.15, -0.1) is 0 Å². The smallest absolute Gasteiger partial charge is 0.412 e. The summed E-state index contributed by atoms with van der Waals surface area (Å²) in [4.78, 5) is 10.0. The van der Waals surface area contributed by atoms with Crippen LogP contribution in [0.1, 0.15) is 0 Å². The van der Waals surface area contributed by atoms with E-state index in [0.717, 1.165) is 0 Å². The van der Waals surface area contributed by atoms with Gasteiger partial charge in [-0.3, -0.25) is 0 Å². The monoisotopic (exact) mass is 127 g/mol. The maximum absolute atomic E-state index is 10.0. The molecule has 0 fully saturated rings. The van der Waals surface area contributed by atoms with Gasteiger partial charge in [-0.1, -0.05) is 0 Å². The molecule has 0 radical (unpaired) electrons. The SMILES string of the molecule is NC(=O)Oc1ccco1. The Morgan fingerprint density at radius 2 is 2.56 bits per heavy atom. The number of nitrogens with two attached hydrogens (primary N) is 1. The molecule has 48 valence electrons. The van der Waals surface area contributed by atoms with E-state index in [1.165, 1.54) is 12.3 Å². The molecular weight excluding hydrogens is 122 g/mol. The third-order valence-electron chi connectivity index (χ3n) is 0.696. The van der Waals surface area contributed by atoms with Crippen molar-refractivity contribution < 1.29 is 13.9 Å². The highest BCUT2D eigenvalue weighted by molar-refractivity contribution is 5.67. The number of carbonyl (C=O) groups excluding carboxylic acids is 1. The molecule has 1 aromatic rings. The van der Waals surface area contributed by atoms with Gasteiger partial charge in [-0.25, -0.2) is 4.79 Å². The minimum atomic E-state index is -0.870. The zero-order valence-electron chi connectivity index (χ0n) is 4.53. The Kier molecular flexibility index (Phi) is 1.40. The quantitative estimate of drug-likeness (QED) is 0.604. The van der Waals surface area contributed by atoms with Gasteiger partial charge in [0.05, 0.1) is 6.26 Å². The number of carbonyl (C=O) groups is 1. The number of hydrogen-bond acceptors (Lipinski definition) is 3. The molecule has 1 aromatic heterocycles. The van der Waals surface area contributed by atoms with Gasteiger partial charge in [0.2, 0.25) is 0 Å². The number of hydrogen-bond donors (Lipinski definition) is 1. The predicted molar refractivity (Wildman–Crippen MR) is 28.9 cm³/mol. The van der Waals surface area contributed by atoms with Crippen LogP contribution in [0.15, 0.2) is 22.8 Å². The van der Waals surface area contributed by atoms with Gasteiger partial charge < -0.3 is 14.9 Å². The molecule has 4 nitrogen and oxygen atoms in total. The van der Waals surface area contributed by atoms with Crippen LogP contribution in [0.25, 0.3) is 0 Å². The molecule has 4 heteroatoms. The molecule has 0 aliphatic carbocycles. The van der Waals surface area contributed by atoms with Crippen LogP contribution in [0.5, 0.6) is 5.95 Å². The highest BCUT2D eigenvalue weighted by Gasteiger charge is 1.97. The van der Waals surface area contributed by atoms with Gasteiger partial charge >= 0.3 is 6.09 Å². The lowest BCUT2D eigenvalue weighted by Gasteiger charge is -1.90. The molecule has 2 N–H and O–H groups in total. The summed E-state index contributed by atoms with van der Waals surface area (Å²) in [6, 6.07) is 3.09. The largest absolute Gasteiger partial charge is 0.434 e. The first kappa shape index (κ1) is 5.68. The Bertz CT molecular complexity index is 192. The first-order chi connectivity index (χ1) is 4.29. The molecule has 0 aliphatic heterocycles. The Morgan fingerprint density at radius 3 is 3.00 bits per heavy atom. The number of primary amides is 1. The zero-order chi connectivity index (χ0) is 6.69. The van der Waals surface area contributed by atoms with Crippen molar-refractivity contribution in [2.24, 2.45) is 5.73 Å². The molecule has 0 unspecified atom stereocenters. The highest BCUT2D eigenvalue weighted by atomic mass is 16.6. The number of amides is 1. The van der Waals surface area contributed by atoms with E-state index in [1.54, 1.807) is 6.07 Å². The van der Waals surface area contributed by atoms with E-state index >= 15 is 0 Å². The number of furan rings is 1. The van der Waals surface area contributed by atoms with Crippen LogP contribution < -0.4 is 10.5 Å². The molecule has 0 atom stereocenters. The van der Waals surface area contributed by atoms with E-state index < -0.39 is 6.09 Å². The Morgan fingerprint density at radius 1 is 1.78 bits per heavy atom. The van der Waals surface area contributed by atoms with Crippen LogP contribution >= 0.6 is 0 Å². The van der Waals surface area contributed by atoms with Gasteiger partial charge in [0, 0.05) is 6.07 Å². The molecule has 0 saturated carbocycles. The average Bonchev–Trinajstić information content (AvgIpc) is 2.15. The molecule has 1 heterocycles. The summed E-state index contributed by atoms with van der Waals surface area (Å²) >= 11 is 0. The van der Waals surface area contributed by atoms with Crippen LogP contribution in [0.4, 0.5) is 4.79 Å². The first-order valence-electron chi connectivity index (χ1n) is 2.30. The van der Waals surface area contributed by atoms with Crippen molar-refractivity contribution in [2.75, 3.05) is 0 Å². The van der Waals surface area contributed by atoms with Gasteiger partial charge in [-0.2, -0.15) is 0 Å². The van der Waals surface area contributed by atoms with E-state index in [0.29, 0.717) is 0 Å². The summed E-state index contributed by atoms with van der Waals surface area (Å²) in [5.74, 6) is 0.113. The summed E-state index contributed by atoms with van der Waals surface area (Å²) in [5, 5.41) is 0. The fraction of sp³-hybridized carbons (Fsp3) is 0. The first-order valence-corrected chi connectivity index (χ1v) is 2.30. The summed E-state index contributed by atoms with van der Waals surface area (Å²) in [6.45, 7) is 0. The fourth-order valence-corrected chi connectivity index (χ4v) is 0.421. The second kappa shape index (κ2) is 2.21. The zero-order valence-corrected chi connectivity index (χ0v) is 4.53. The highest BCUT2D eigenvalue weighted by Crippen LogP contribution is 2.08. The number of rotatable bonds is 1. The Hall–Kier alpha value is -1.45. The lowest BCUT2D eigenvalue weighted by atomic mass is 10.7. The standard InChI is InChI=1S/C5H5NO3/c6-5(7)9-4-2-1-3-8-4/h1-3H,(H2,6,7). The topological polar surface area (TPSA) is 65.5 Å². The van der Waals surface area contributed by atoms with Crippen molar-refractivity contribution >= 4 is 6.09 Å². The Balaban J connectivity index is 2.58. The second-order valence-electron chi connectivity index (χ2n) is 1.35. The third kappa shape index (κ3) is 1.49. The van der Waals surface area contributed by atoms with E-state index in [2.05, 4.69) is 14.9 Å². The fourth-order valence-electron chi connectivity index (χ4n) is 0.421. The van der Waals surface area contributed by atoms with Crippen molar-refractivity contribution in [1.29, 1.82) is 0 Å². The van der Waals surface area contributed by atoms with Crippen molar-refractivity contribution in [2.45, 2.75) is 0 Å². The van der Waals surface area contributed by atoms with Crippen molar-refractivity contribution in [3.63, 3.8) is 0 Å². The van der Waals surface area contributed by atoms with Crippen LogP contribution in [-0.4, -0.2) is 6.09 Å². The molecule has 1 amide bonds. The maximum atomic E-state index is 10.0. The minimum Gasteiger partial charge on any atom is -0.434 e.